The molecule has 0 saturated carbocycles. The fraction of sp³-hybridized carbons (Fsp3) is 0.273. The molecule has 0 aliphatic carbocycles. The number of ether oxygens (including phenoxy) is 3. The molecule has 30 heavy (non-hydrogen) atoms. The Morgan fingerprint density at radius 2 is 1.97 bits per heavy atom. The van der Waals surface area contributed by atoms with Gasteiger partial charge in [-0.25, -0.2) is 0 Å². The first-order chi connectivity index (χ1) is 14.6. The van der Waals surface area contributed by atoms with Crippen LogP contribution in [0.4, 0.5) is 5.69 Å². The summed E-state index contributed by atoms with van der Waals surface area (Å²) in [5.41, 5.74) is 0.736. The normalized spacial score (nSPS) is 16.8. The third-order valence-corrected chi connectivity index (χ3v) is 5.02. The quantitative estimate of drug-likeness (QED) is 0.744. The zero-order valence-electron chi connectivity index (χ0n) is 16.0. The number of hydrogen-bond acceptors (Lipinski definition) is 5. The topological polar surface area (TPSA) is 77.1 Å². The molecule has 1 unspecified atom stereocenters. The molecule has 2 amide bonds. The summed E-state index contributed by atoms with van der Waals surface area (Å²) in [6.45, 7) is 0.923. The van der Waals surface area contributed by atoms with E-state index in [1.807, 2.05) is 0 Å². The molecule has 4 rings (SSSR count). The molecule has 0 radical (unpaired) electrons. The lowest BCUT2D eigenvalue weighted by Crippen LogP contribution is -2.33. The molecule has 8 heteroatoms. The SMILES string of the molecule is O=C(NCC#CCOc1ccc2c(c1)OCO2)C1CC(=O)N(c2ccc(Cl)cc2)C1. The fourth-order valence-corrected chi connectivity index (χ4v) is 3.36. The van der Waals surface area contributed by atoms with Crippen LogP contribution in [0.1, 0.15) is 6.42 Å². The van der Waals surface area contributed by atoms with Crippen molar-refractivity contribution >= 4 is 29.1 Å². The molecule has 0 aromatic heterocycles. The Morgan fingerprint density at radius 1 is 1.17 bits per heavy atom. The maximum Gasteiger partial charge on any atom is 0.231 e. The summed E-state index contributed by atoms with van der Waals surface area (Å²) in [6, 6.07) is 12.3. The molecule has 7 nitrogen and oxygen atoms in total. The van der Waals surface area contributed by atoms with E-state index in [1.54, 1.807) is 47.4 Å². The van der Waals surface area contributed by atoms with Gasteiger partial charge in [0.1, 0.15) is 12.4 Å². The van der Waals surface area contributed by atoms with Gasteiger partial charge in [-0.1, -0.05) is 23.4 Å². The van der Waals surface area contributed by atoms with Gasteiger partial charge in [-0.15, -0.1) is 0 Å². The van der Waals surface area contributed by atoms with Gasteiger partial charge in [0, 0.05) is 29.7 Å². The molecule has 2 heterocycles. The number of carbonyl (C=O) groups excluding carboxylic acids is 2. The maximum atomic E-state index is 12.3. The van der Waals surface area contributed by atoms with Crippen LogP contribution in [0.5, 0.6) is 17.2 Å². The van der Waals surface area contributed by atoms with Crippen LogP contribution < -0.4 is 24.4 Å². The first-order valence-electron chi connectivity index (χ1n) is 9.42. The Kier molecular flexibility index (Phi) is 5.96. The number of nitrogens with zero attached hydrogens (tertiary/aromatic N) is 1. The number of halogens is 1. The van der Waals surface area contributed by atoms with E-state index in [1.165, 1.54) is 0 Å². The van der Waals surface area contributed by atoms with Crippen LogP contribution in [0.25, 0.3) is 0 Å². The Bertz CT molecular complexity index is 1010. The first kappa shape index (κ1) is 19.9. The second-order valence-corrected chi connectivity index (χ2v) is 7.19. The molecule has 2 aromatic rings. The van der Waals surface area contributed by atoms with Crippen molar-refractivity contribution in [2.24, 2.45) is 5.92 Å². The molecule has 0 bridgehead atoms. The van der Waals surface area contributed by atoms with Crippen molar-refractivity contribution in [3.63, 3.8) is 0 Å². The highest BCUT2D eigenvalue weighted by Gasteiger charge is 2.34. The highest BCUT2D eigenvalue weighted by atomic mass is 35.5. The van der Waals surface area contributed by atoms with E-state index in [2.05, 4.69) is 17.2 Å². The Hall–Kier alpha value is -3.37. The number of hydrogen-bond donors (Lipinski definition) is 1. The van der Waals surface area contributed by atoms with E-state index < -0.39 is 5.92 Å². The van der Waals surface area contributed by atoms with Gasteiger partial charge in [-0.2, -0.15) is 0 Å². The summed E-state index contributed by atoms with van der Waals surface area (Å²) < 4.78 is 16.1. The molecule has 0 spiro atoms. The minimum absolute atomic E-state index is 0.0827. The smallest absolute Gasteiger partial charge is 0.231 e. The number of amides is 2. The van der Waals surface area contributed by atoms with E-state index in [0.717, 1.165) is 5.69 Å². The molecular formula is C22H19ClN2O5. The van der Waals surface area contributed by atoms with E-state index in [-0.39, 0.29) is 38.2 Å². The van der Waals surface area contributed by atoms with Crippen molar-refractivity contribution in [2.45, 2.75) is 6.42 Å². The molecule has 2 aromatic carbocycles. The van der Waals surface area contributed by atoms with Crippen molar-refractivity contribution in [3.8, 4) is 29.1 Å². The number of fused-ring (bicyclic) bond motifs is 1. The van der Waals surface area contributed by atoms with Crippen LogP contribution in [-0.4, -0.2) is 38.3 Å². The van der Waals surface area contributed by atoms with Gasteiger partial charge in [0.15, 0.2) is 11.5 Å². The van der Waals surface area contributed by atoms with Crippen LogP contribution in [0.3, 0.4) is 0 Å². The van der Waals surface area contributed by atoms with Crippen LogP contribution in [-0.2, 0) is 9.59 Å². The molecule has 1 N–H and O–H groups in total. The number of carbonyl (C=O) groups is 2. The lowest BCUT2D eigenvalue weighted by molar-refractivity contribution is -0.126. The van der Waals surface area contributed by atoms with Crippen LogP contribution in [0.2, 0.25) is 5.02 Å². The number of nitrogens with one attached hydrogen (secondary N) is 1. The summed E-state index contributed by atoms with van der Waals surface area (Å²) in [6.07, 6.45) is 0.176. The minimum atomic E-state index is -0.403. The van der Waals surface area contributed by atoms with Gasteiger partial charge in [0.2, 0.25) is 18.6 Å². The average Bonchev–Trinajstić information content (AvgIpc) is 3.37. The summed E-state index contributed by atoms with van der Waals surface area (Å²) >= 11 is 5.88. The van der Waals surface area contributed by atoms with Crippen molar-refractivity contribution in [1.82, 2.24) is 5.32 Å². The van der Waals surface area contributed by atoms with Crippen molar-refractivity contribution in [1.29, 1.82) is 0 Å². The predicted molar refractivity (Wildman–Crippen MR) is 111 cm³/mol. The van der Waals surface area contributed by atoms with E-state index in [9.17, 15) is 9.59 Å². The van der Waals surface area contributed by atoms with Crippen LogP contribution in [0.15, 0.2) is 42.5 Å². The van der Waals surface area contributed by atoms with Crippen LogP contribution >= 0.6 is 11.6 Å². The standard InChI is InChI=1S/C22H19ClN2O5/c23-16-3-5-17(6-4-16)25-13-15(11-21(25)26)22(27)24-9-1-2-10-28-18-7-8-19-20(12-18)30-14-29-19/h3-8,12,15H,9-11,13-14H2,(H,24,27). The van der Waals surface area contributed by atoms with Gasteiger partial charge in [0.05, 0.1) is 12.5 Å². The summed E-state index contributed by atoms with van der Waals surface area (Å²) in [7, 11) is 0. The fourth-order valence-electron chi connectivity index (χ4n) is 3.23. The molecule has 154 valence electrons. The van der Waals surface area contributed by atoms with Gasteiger partial charge in [-0.05, 0) is 36.4 Å². The molecule has 2 aliphatic rings. The molecule has 1 atom stereocenters. The maximum absolute atomic E-state index is 12.3. The summed E-state index contributed by atoms with van der Waals surface area (Å²) in [5.74, 6) is 6.98. The average molecular weight is 427 g/mol. The molecule has 2 aliphatic heterocycles. The third kappa shape index (κ3) is 4.61. The van der Waals surface area contributed by atoms with E-state index in [4.69, 9.17) is 25.8 Å². The van der Waals surface area contributed by atoms with Gasteiger partial charge in [-0.3, -0.25) is 9.59 Å². The van der Waals surface area contributed by atoms with Crippen molar-refractivity contribution < 1.29 is 23.8 Å². The molecule has 1 saturated heterocycles. The van der Waals surface area contributed by atoms with Gasteiger partial charge >= 0.3 is 0 Å². The number of anilines is 1. The third-order valence-electron chi connectivity index (χ3n) is 4.77. The van der Waals surface area contributed by atoms with Crippen molar-refractivity contribution in [3.05, 3.63) is 47.5 Å². The molecule has 1 fully saturated rings. The van der Waals surface area contributed by atoms with Crippen molar-refractivity contribution in [2.75, 3.05) is 31.4 Å². The minimum Gasteiger partial charge on any atom is -0.481 e. The molecular weight excluding hydrogens is 408 g/mol. The highest BCUT2D eigenvalue weighted by Crippen LogP contribution is 2.35. The Balaban J connectivity index is 1.21. The summed E-state index contributed by atoms with van der Waals surface area (Å²) in [4.78, 5) is 26.2. The Labute approximate surface area is 178 Å². The largest absolute Gasteiger partial charge is 0.481 e. The van der Waals surface area contributed by atoms with Crippen LogP contribution in [0, 0.1) is 17.8 Å². The summed E-state index contributed by atoms with van der Waals surface area (Å²) in [5, 5.41) is 3.35. The lowest BCUT2D eigenvalue weighted by Gasteiger charge is -2.16. The second-order valence-electron chi connectivity index (χ2n) is 6.76. The Morgan fingerprint density at radius 3 is 2.80 bits per heavy atom. The van der Waals surface area contributed by atoms with E-state index >= 15 is 0 Å². The van der Waals surface area contributed by atoms with E-state index in [0.29, 0.717) is 28.8 Å². The number of benzene rings is 2. The van der Waals surface area contributed by atoms with Gasteiger partial charge < -0.3 is 24.4 Å². The zero-order chi connectivity index (χ0) is 20.9. The zero-order valence-corrected chi connectivity index (χ0v) is 16.8. The number of rotatable bonds is 5. The second kappa shape index (κ2) is 8.97. The predicted octanol–water partition coefficient (Wildman–Crippen LogP) is 2.62. The highest BCUT2D eigenvalue weighted by molar-refractivity contribution is 6.30. The van der Waals surface area contributed by atoms with Gasteiger partial charge in [0.25, 0.3) is 0 Å². The first-order valence-corrected chi connectivity index (χ1v) is 9.80. The lowest BCUT2D eigenvalue weighted by atomic mass is 10.1. The monoisotopic (exact) mass is 426 g/mol.